The van der Waals surface area contributed by atoms with Gasteiger partial charge in [0.1, 0.15) is 5.57 Å². The summed E-state index contributed by atoms with van der Waals surface area (Å²) in [7, 11) is 1.35. The minimum Gasteiger partial charge on any atom is -0.493 e. The average Bonchev–Trinajstić information content (AvgIpc) is 2.93. The van der Waals surface area contributed by atoms with Gasteiger partial charge in [0.05, 0.1) is 22.7 Å². The van der Waals surface area contributed by atoms with Crippen LogP contribution < -0.4 is 25.0 Å². The maximum Gasteiger partial charge on any atom is 0.335 e. The quantitative estimate of drug-likeness (QED) is 0.170. The standard InChI is InChI=1S/C28H23ClN4O8/c1-15-5-4-6-22(16(15)2)30-24(34)14-41-25-21(29)12-17(13-23(25)40-3)11-20-26(35)31-28(37)32(27(20)36)18-7-9-19(10-8-18)33(38)39/h4-13H,14H2,1-3H3,(H,30,34)(H,31,35,37)/b20-11-. The molecule has 210 valence electrons. The molecule has 0 spiro atoms. The van der Waals surface area contributed by atoms with E-state index in [0.717, 1.165) is 23.3 Å². The number of carbonyl (C=O) groups excluding carboxylic acids is 4. The molecule has 2 N–H and O–H groups in total. The Balaban J connectivity index is 1.56. The fourth-order valence-electron chi connectivity index (χ4n) is 3.96. The molecule has 13 heteroatoms. The van der Waals surface area contributed by atoms with Gasteiger partial charge in [0, 0.05) is 17.8 Å². The SMILES string of the molecule is COc1cc(/C=C2/C(=O)NC(=O)N(c3ccc([N+](=O)[O-])cc3)C2=O)cc(Cl)c1OCC(=O)Nc1cccc(C)c1C. The van der Waals surface area contributed by atoms with Gasteiger partial charge in [-0.1, -0.05) is 23.7 Å². The van der Waals surface area contributed by atoms with Crippen LogP contribution in [0.15, 0.2) is 60.2 Å². The molecule has 1 aliphatic rings. The molecule has 0 radical (unpaired) electrons. The highest BCUT2D eigenvalue weighted by molar-refractivity contribution is 6.39. The van der Waals surface area contributed by atoms with Gasteiger partial charge in [0.2, 0.25) is 0 Å². The molecule has 1 heterocycles. The number of aryl methyl sites for hydroxylation is 1. The van der Waals surface area contributed by atoms with Crippen molar-refractivity contribution in [3.8, 4) is 11.5 Å². The average molecular weight is 579 g/mol. The summed E-state index contributed by atoms with van der Waals surface area (Å²) in [6.07, 6.45) is 1.20. The molecule has 0 saturated carbocycles. The van der Waals surface area contributed by atoms with Crippen LogP contribution in [0.3, 0.4) is 0 Å². The number of nitro benzene ring substituents is 1. The summed E-state index contributed by atoms with van der Waals surface area (Å²) >= 11 is 6.41. The Hall–Kier alpha value is -5.23. The van der Waals surface area contributed by atoms with E-state index in [9.17, 15) is 29.3 Å². The number of rotatable bonds is 8. The van der Waals surface area contributed by atoms with Gasteiger partial charge in [0.25, 0.3) is 23.4 Å². The summed E-state index contributed by atoms with van der Waals surface area (Å²) < 4.78 is 11.0. The molecule has 41 heavy (non-hydrogen) atoms. The van der Waals surface area contributed by atoms with Crippen molar-refractivity contribution in [2.75, 3.05) is 23.9 Å². The lowest BCUT2D eigenvalue weighted by molar-refractivity contribution is -0.384. The number of nitrogens with one attached hydrogen (secondary N) is 2. The number of carbonyl (C=O) groups is 4. The van der Waals surface area contributed by atoms with E-state index in [1.807, 2.05) is 26.0 Å². The number of imide groups is 2. The first-order chi connectivity index (χ1) is 19.5. The second-order valence-corrected chi connectivity index (χ2v) is 9.26. The predicted octanol–water partition coefficient (Wildman–Crippen LogP) is 4.56. The Kier molecular flexibility index (Phi) is 8.34. The highest BCUT2D eigenvalue weighted by atomic mass is 35.5. The predicted molar refractivity (Wildman–Crippen MR) is 150 cm³/mol. The molecule has 12 nitrogen and oxygen atoms in total. The Morgan fingerprint density at radius 2 is 1.83 bits per heavy atom. The van der Waals surface area contributed by atoms with Crippen LogP contribution in [0.5, 0.6) is 11.5 Å². The molecule has 0 aromatic heterocycles. The van der Waals surface area contributed by atoms with E-state index in [1.165, 1.54) is 37.5 Å². The fraction of sp³-hybridized carbons (Fsp3) is 0.143. The first-order valence-electron chi connectivity index (χ1n) is 12.0. The molecule has 5 amide bonds. The van der Waals surface area contributed by atoms with E-state index in [4.69, 9.17) is 21.1 Å². The monoisotopic (exact) mass is 578 g/mol. The number of nitrogens with zero attached hydrogens (tertiary/aromatic N) is 2. The molecule has 1 fully saturated rings. The molecule has 4 rings (SSSR count). The van der Waals surface area contributed by atoms with E-state index in [-0.39, 0.29) is 40.1 Å². The van der Waals surface area contributed by atoms with E-state index >= 15 is 0 Å². The molecule has 0 unspecified atom stereocenters. The maximum atomic E-state index is 13.2. The fourth-order valence-corrected chi connectivity index (χ4v) is 4.23. The van der Waals surface area contributed by atoms with Crippen molar-refractivity contribution in [1.29, 1.82) is 0 Å². The molecule has 0 atom stereocenters. The zero-order valence-electron chi connectivity index (χ0n) is 22.0. The first kappa shape index (κ1) is 28.8. The van der Waals surface area contributed by atoms with Gasteiger partial charge in [-0.3, -0.25) is 29.8 Å². The molecule has 0 aliphatic carbocycles. The summed E-state index contributed by atoms with van der Waals surface area (Å²) in [6.45, 7) is 3.44. The van der Waals surface area contributed by atoms with Crippen molar-refractivity contribution >= 4 is 58.5 Å². The number of barbiturate groups is 1. The molecule has 1 saturated heterocycles. The number of anilines is 2. The number of amides is 5. The number of nitro groups is 1. The van der Waals surface area contributed by atoms with Crippen LogP contribution in [-0.2, 0) is 14.4 Å². The largest absolute Gasteiger partial charge is 0.493 e. The Labute approximate surface area is 238 Å². The number of halogens is 1. The molecule has 1 aliphatic heterocycles. The van der Waals surface area contributed by atoms with E-state index in [2.05, 4.69) is 10.6 Å². The number of benzene rings is 3. The lowest BCUT2D eigenvalue weighted by Gasteiger charge is -2.26. The number of hydrogen-bond donors (Lipinski definition) is 2. The summed E-state index contributed by atoms with van der Waals surface area (Å²) in [5.41, 5.74) is 2.23. The topological polar surface area (TPSA) is 157 Å². The first-order valence-corrected chi connectivity index (χ1v) is 12.4. The number of non-ortho nitro benzene ring substituents is 1. The molecular formula is C28H23ClN4O8. The van der Waals surface area contributed by atoms with Crippen LogP contribution in [0.2, 0.25) is 5.02 Å². The highest BCUT2D eigenvalue weighted by Crippen LogP contribution is 2.37. The number of ether oxygens (including phenoxy) is 2. The molecule has 3 aromatic rings. The lowest BCUT2D eigenvalue weighted by Crippen LogP contribution is -2.54. The summed E-state index contributed by atoms with van der Waals surface area (Å²) in [6, 6.07) is 12.0. The maximum absolute atomic E-state index is 13.2. The molecular weight excluding hydrogens is 556 g/mol. The van der Waals surface area contributed by atoms with Crippen molar-refractivity contribution < 1.29 is 33.6 Å². The number of hydrogen-bond acceptors (Lipinski definition) is 8. The van der Waals surface area contributed by atoms with Gasteiger partial charge in [-0.2, -0.15) is 0 Å². The number of urea groups is 1. The van der Waals surface area contributed by atoms with Crippen LogP contribution in [0, 0.1) is 24.0 Å². The summed E-state index contributed by atoms with van der Waals surface area (Å²) in [5.74, 6) is -2.14. The van der Waals surface area contributed by atoms with Crippen molar-refractivity contribution in [3.05, 3.63) is 92.0 Å². The van der Waals surface area contributed by atoms with Gasteiger partial charge < -0.3 is 14.8 Å². The van der Waals surface area contributed by atoms with Crippen LogP contribution in [0.1, 0.15) is 16.7 Å². The molecule has 3 aromatic carbocycles. The second kappa shape index (κ2) is 11.9. The van der Waals surface area contributed by atoms with E-state index < -0.39 is 34.2 Å². The normalized spacial score (nSPS) is 14.1. The summed E-state index contributed by atoms with van der Waals surface area (Å²) in [4.78, 5) is 61.6. The van der Waals surface area contributed by atoms with Gasteiger partial charge in [-0.15, -0.1) is 0 Å². The Morgan fingerprint density at radius 1 is 1.12 bits per heavy atom. The van der Waals surface area contributed by atoms with Crippen molar-refractivity contribution in [1.82, 2.24) is 5.32 Å². The van der Waals surface area contributed by atoms with Gasteiger partial charge >= 0.3 is 6.03 Å². The van der Waals surface area contributed by atoms with Crippen LogP contribution >= 0.6 is 11.6 Å². The molecule has 0 bridgehead atoms. The third kappa shape index (κ3) is 6.17. The Morgan fingerprint density at radius 3 is 2.49 bits per heavy atom. The third-order valence-electron chi connectivity index (χ3n) is 6.21. The minimum absolute atomic E-state index is 0.0231. The van der Waals surface area contributed by atoms with E-state index in [1.54, 1.807) is 6.07 Å². The van der Waals surface area contributed by atoms with Crippen molar-refractivity contribution in [3.63, 3.8) is 0 Å². The van der Waals surface area contributed by atoms with Gasteiger partial charge in [0.15, 0.2) is 18.1 Å². The highest BCUT2D eigenvalue weighted by Gasteiger charge is 2.37. The lowest BCUT2D eigenvalue weighted by atomic mass is 10.1. The zero-order chi connectivity index (χ0) is 29.8. The van der Waals surface area contributed by atoms with Gasteiger partial charge in [-0.05, 0) is 66.9 Å². The minimum atomic E-state index is -1.01. The smallest absolute Gasteiger partial charge is 0.335 e. The van der Waals surface area contributed by atoms with Gasteiger partial charge in [-0.25, -0.2) is 9.69 Å². The summed E-state index contributed by atoms with van der Waals surface area (Å²) in [5, 5.41) is 15.8. The number of methoxy groups -OCH3 is 1. The second-order valence-electron chi connectivity index (χ2n) is 8.85. The van der Waals surface area contributed by atoms with Crippen LogP contribution in [0.4, 0.5) is 21.9 Å². The van der Waals surface area contributed by atoms with Crippen molar-refractivity contribution in [2.45, 2.75) is 13.8 Å². The van der Waals surface area contributed by atoms with E-state index in [0.29, 0.717) is 10.6 Å². The Bertz CT molecular complexity index is 1620. The third-order valence-corrected chi connectivity index (χ3v) is 6.49. The van der Waals surface area contributed by atoms with Crippen LogP contribution in [-0.4, -0.2) is 42.4 Å². The van der Waals surface area contributed by atoms with Crippen LogP contribution in [0.25, 0.3) is 6.08 Å². The van der Waals surface area contributed by atoms with Crippen molar-refractivity contribution in [2.24, 2.45) is 0 Å². The zero-order valence-corrected chi connectivity index (χ0v) is 22.8.